The van der Waals surface area contributed by atoms with E-state index in [1.54, 1.807) is 11.3 Å². The van der Waals surface area contributed by atoms with Crippen LogP contribution in [0.3, 0.4) is 0 Å². The second-order valence-electron chi connectivity index (χ2n) is 4.02. The highest BCUT2D eigenvalue weighted by atomic mass is 32.1. The first kappa shape index (κ1) is 13.1. The van der Waals surface area contributed by atoms with Crippen molar-refractivity contribution in [3.05, 3.63) is 35.0 Å². The van der Waals surface area contributed by atoms with Crippen molar-refractivity contribution in [1.82, 2.24) is 4.98 Å². The van der Waals surface area contributed by atoms with Crippen molar-refractivity contribution < 1.29 is 4.74 Å². The lowest BCUT2D eigenvalue weighted by Crippen LogP contribution is -2.01. The molecule has 0 aliphatic heterocycles. The van der Waals surface area contributed by atoms with Crippen LogP contribution in [-0.4, -0.2) is 18.1 Å². The Morgan fingerprint density at radius 2 is 2.00 bits per heavy atom. The molecule has 0 saturated heterocycles. The maximum Gasteiger partial charge on any atom is 0.119 e. The lowest BCUT2D eigenvalue weighted by molar-refractivity contribution is 0.340. The molecule has 0 radical (unpaired) electrons. The Balaban J connectivity index is 2.24. The van der Waals surface area contributed by atoms with Gasteiger partial charge in [-0.1, -0.05) is 0 Å². The fourth-order valence-corrected chi connectivity index (χ4v) is 2.91. The second kappa shape index (κ2) is 5.98. The average molecular weight is 262 g/mol. The maximum absolute atomic E-state index is 5.56. The Labute approximate surface area is 112 Å². The first-order valence-electron chi connectivity index (χ1n) is 6.14. The zero-order valence-electron chi connectivity index (χ0n) is 10.8. The third-order valence-corrected chi connectivity index (χ3v) is 3.89. The van der Waals surface area contributed by atoms with Crippen LogP contribution in [-0.2, 0) is 6.42 Å². The number of nitrogens with two attached hydrogens (primary N) is 1. The Morgan fingerprint density at radius 3 is 2.61 bits per heavy atom. The first-order chi connectivity index (χ1) is 8.74. The maximum atomic E-state index is 5.56. The number of hydrogen-bond acceptors (Lipinski definition) is 4. The molecule has 0 spiro atoms. The van der Waals surface area contributed by atoms with Crippen molar-refractivity contribution >= 4 is 11.3 Å². The van der Waals surface area contributed by atoms with Crippen molar-refractivity contribution in [3.8, 4) is 16.2 Å². The number of aryl methyl sites for hydroxylation is 1. The number of nitrogens with zero attached hydrogens (tertiary/aromatic N) is 1. The summed E-state index contributed by atoms with van der Waals surface area (Å²) in [7, 11) is 0. The number of aromatic nitrogens is 1. The summed E-state index contributed by atoms with van der Waals surface area (Å²) >= 11 is 1.72. The minimum atomic E-state index is 0.648. The molecule has 0 bridgehead atoms. The Morgan fingerprint density at radius 1 is 1.28 bits per heavy atom. The summed E-state index contributed by atoms with van der Waals surface area (Å²) in [6.07, 6.45) is 0.850. The average Bonchev–Trinajstić information content (AvgIpc) is 2.72. The second-order valence-corrected chi connectivity index (χ2v) is 5.10. The number of hydrogen-bond donors (Lipinski definition) is 1. The molecule has 0 saturated carbocycles. The molecule has 0 amide bonds. The van der Waals surface area contributed by atoms with Gasteiger partial charge in [-0.15, -0.1) is 11.3 Å². The van der Waals surface area contributed by atoms with Crippen LogP contribution in [0.1, 0.15) is 17.6 Å². The van der Waals surface area contributed by atoms with Crippen molar-refractivity contribution in [2.75, 3.05) is 13.2 Å². The fourth-order valence-electron chi connectivity index (χ4n) is 1.82. The summed E-state index contributed by atoms with van der Waals surface area (Å²) in [6.45, 7) is 5.37. The summed E-state index contributed by atoms with van der Waals surface area (Å²) in [5.74, 6) is 0.908. The Kier molecular flexibility index (Phi) is 4.33. The van der Waals surface area contributed by atoms with E-state index in [-0.39, 0.29) is 0 Å². The van der Waals surface area contributed by atoms with Gasteiger partial charge in [0.05, 0.1) is 22.2 Å². The molecule has 0 fully saturated rings. The number of ether oxygens (including phenoxy) is 1. The van der Waals surface area contributed by atoms with Gasteiger partial charge in [-0.2, -0.15) is 0 Å². The molecule has 0 unspecified atom stereocenters. The molecule has 1 aromatic heterocycles. The number of benzene rings is 1. The molecule has 1 aromatic carbocycles. The molecule has 4 heteroatoms. The SMILES string of the molecule is CCOc1ccc(-c2sc(CCN)nc2C)cc1. The molecule has 2 rings (SSSR count). The molecule has 2 aromatic rings. The van der Waals surface area contributed by atoms with Gasteiger partial charge in [0.1, 0.15) is 5.75 Å². The minimum Gasteiger partial charge on any atom is -0.494 e. The monoisotopic (exact) mass is 262 g/mol. The number of thiazole rings is 1. The summed E-state index contributed by atoms with van der Waals surface area (Å²) in [6, 6.07) is 8.16. The molecule has 18 heavy (non-hydrogen) atoms. The summed E-state index contributed by atoms with van der Waals surface area (Å²) < 4.78 is 5.44. The van der Waals surface area contributed by atoms with E-state index in [9.17, 15) is 0 Å². The summed E-state index contributed by atoms with van der Waals surface area (Å²) in [4.78, 5) is 5.77. The third kappa shape index (κ3) is 2.89. The highest BCUT2D eigenvalue weighted by molar-refractivity contribution is 7.15. The van der Waals surface area contributed by atoms with Crippen LogP contribution in [0.15, 0.2) is 24.3 Å². The van der Waals surface area contributed by atoms with Crippen LogP contribution in [0.4, 0.5) is 0 Å². The van der Waals surface area contributed by atoms with Crippen LogP contribution in [0, 0.1) is 6.92 Å². The van der Waals surface area contributed by atoms with E-state index >= 15 is 0 Å². The van der Waals surface area contributed by atoms with Crippen LogP contribution < -0.4 is 10.5 Å². The van der Waals surface area contributed by atoms with Gasteiger partial charge in [-0.05, 0) is 50.2 Å². The van der Waals surface area contributed by atoms with Gasteiger partial charge in [-0.25, -0.2) is 4.98 Å². The molecule has 0 aliphatic carbocycles. The van der Waals surface area contributed by atoms with Crippen molar-refractivity contribution in [1.29, 1.82) is 0 Å². The highest BCUT2D eigenvalue weighted by Gasteiger charge is 2.09. The van der Waals surface area contributed by atoms with Crippen LogP contribution >= 0.6 is 11.3 Å². The first-order valence-corrected chi connectivity index (χ1v) is 6.96. The zero-order chi connectivity index (χ0) is 13.0. The molecule has 96 valence electrons. The van der Waals surface area contributed by atoms with Gasteiger partial charge in [0, 0.05) is 6.42 Å². The predicted molar refractivity (Wildman–Crippen MR) is 76.2 cm³/mol. The van der Waals surface area contributed by atoms with Crippen LogP contribution in [0.25, 0.3) is 10.4 Å². The molecule has 1 heterocycles. The van der Waals surface area contributed by atoms with E-state index in [1.807, 2.05) is 26.0 Å². The van der Waals surface area contributed by atoms with E-state index in [0.717, 1.165) is 22.9 Å². The highest BCUT2D eigenvalue weighted by Crippen LogP contribution is 2.31. The van der Waals surface area contributed by atoms with Gasteiger partial charge < -0.3 is 10.5 Å². The quantitative estimate of drug-likeness (QED) is 0.901. The zero-order valence-corrected chi connectivity index (χ0v) is 11.6. The summed E-state index contributed by atoms with van der Waals surface area (Å²) in [5, 5.41) is 1.11. The number of rotatable bonds is 5. The van der Waals surface area contributed by atoms with Crippen molar-refractivity contribution in [2.24, 2.45) is 5.73 Å². The molecule has 2 N–H and O–H groups in total. The van der Waals surface area contributed by atoms with Crippen molar-refractivity contribution in [2.45, 2.75) is 20.3 Å². The predicted octanol–water partition coefficient (Wildman–Crippen LogP) is 3.02. The normalized spacial score (nSPS) is 10.6. The standard InChI is InChI=1S/C14H18N2OS/c1-3-17-12-6-4-11(5-7-12)14-10(2)16-13(18-14)8-9-15/h4-7H,3,8-9,15H2,1-2H3. The summed E-state index contributed by atoms with van der Waals surface area (Å²) in [5.41, 5.74) is 7.83. The van der Waals surface area contributed by atoms with E-state index in [4.69, 9.17) is 10.5 Å². The van der Waals surface area contributed by atoms with E-state index in [2.05, 4.69) is 17.1 Å². The molecular weight excluding hydrogens is 244 g/mol. The van der Waals surface area contributed by atoms with E-state index < -0.39 is 0 Å². The van der Waals surface area contributed by atoms with Crippen molar-refractivity contribution in [3.63, 3.8) is 0 Å². The van der Waals surface area contributed by atoms with Gasteiger partial charge >= 0.3 is 0 Å². The molecule has 3 nitrogen and oxygen atoms in total. The third-order valence-electron chi connectivity index (χ3n) is 2.63. The lowest BCUT2D eigenvalue weighted by atomic mass is 10.1. The largest absolute Gasteiger partial charge is 0.494 e. The van der Waals surface area contributed by atoms with Gasteiger partial charge in [0.25, 0.3) is 0 Å². The van der Waals surface area contributed by atoms with E-state index in [1.165, 1.54) is 10.4 Å². The Bertz CT molecular complexity index is 505. The molecular formula is C14H18N2OS. The minimum absolute atomic E-state index is 0.648. The Hall–Kier alpha value is -1.39. The molecule has 0 atom stereocenters. The fraction of sp³-hybridized carbons (Fsp3) is 0.357. The lowest BCUT2D eigenvalue weighted by Gasteiger charge is -2.03. The smallest absolute Gasteiger partial charge is 0.119 e. The van der Waals surface area contributed by atoms with Crippen LogP contribution in [0.5, 0.6) is 5.75 Å². The topological polar surface area (TPSA) is 48.1 Å². The molecule has 0 aliphatic rings. The van der Waals surface area contributed by atoms with Gasteiger partial charge in [0.2, 0.25) is 0 Å². The van der Waals surface area contributed by atoms with E-state index in [0.29, 0.717) is 13.2 Å². The van der Waals surface area contributed by atoms with Gasteiger partial charge in [0.15, 0.2) is 0 Å². The van der Waals surface area contributed by atoms with Gasteiger partial charge in [-0.3, -0.25) is 0 Å². The van der Waals surface area contributed by atoms with Crippen LogP contribution in [0.2, 0.25) is 0 Å².